The standard InChI is InChI=1S/C12H16BrNO4/c13-11-3-9(6-18-11)12(16)14-4-10(15)7-17-5-8-1-2-8/h3,6,8,10,15H,1-2,4-5,7H2,(H,14,16). The van der Waals surface area contributed by atoms with Crippen molar-refractivity contribution in [2.45, 2.75) is 18.9 Å². The summed E-state index contributed by atoms with van der Waals surface area (Å²) in [5.74, 6) is 0.403. The monoisotopic (exact) mass is 317 g/mol. The number of furan rings is 1. The van der Waals surface area contributed by atoms with Gasteiger partial charge < -0.3 is 19.6 Å². The van der Waals surface area contributed by atoms with Gasteiger partial charge in [-0.05, 0) is 34.7 Å². The highest BCUT2D eigenvalue weighted by Gasteiger charge is 2.21. The van der Waals surface area contributed by atoms with Gasteiger partial charge >= 0.3 is 0 Å². The number of hydrogen-bond acceptors (Lipinski definition) is 4. The molecule has 1 heterocycles. The van der Waals surface area contributed by atoms with Gasteiger partial charge in [0, 0.05) is 19.2 Å². The van der Waals surface area contributed by atoms with Crippen LogP contribution in [0.3, 0.4) is 0 Å². The molecule has 18 heavy (non-hydrogen) atoms. The second kappa shape index (κ2) is 6.36. The van der Waals surface area contributed by atoms with Crippen LogP contribution in [0.25, 0.3) is 0 Å². The van der Waals surface area contributed by atoms with Crippen molar-refractivity contribution in [1.29, 1.82) is 0 Å². The van der Waals surface area contributed by atoms with Crippen molar-refractivity contribution in [3.8, 4) is 0 Å². The zero-order valence-electron chi connectivity index (χ0n) is 9.89. The van der Waals surface area contributed by atoms with Gasteiger partial charge in [0.2, 0.25) is 0 Å². The van der Waals surface area contributed by atoms with Gasteiger partial charge in [0.25, 0.3) is 5.91 Å². The number of halogens is 1. The minimum atomic E-state index is -0.678. The summed E-state index contributed by atoms with van der Waals surface area (Å²) < 4.78 is 10.8. The Balaban J connectivity index is 1.62. The number of hydrogen-bond donors (Lipinski definition) is 2. The van der Waals surface area contributed by atoms with Crippen molar-refractivity contribution in [1.82, 2.24) is 5.32 Å². The van der Waals surface area contributed by atoms with E-state index in [1.54, 1.807) is 6.07 Å². The van der Waals surface area contributed by atoms with Crippen LogP contribution in [0.15, 0.2) is 21.4 Å². The maximum Gasteiger partial charge on any atom is 0.254 e. The predicted molar refractivity (Wildman–Crippen MR) is 68.3 cm³/mol. The van der Waals surface area contributed by atoms with Gasteiger partial charge in [0.05, 0.1) is 18.3 Å². The Kier molecular flexibility index (Phi) is 4.79. The third-order valence-corrected chi connectivity index (χ3v) is 3.10. The van der Waals surface area contributed by atoms with E-state index in [1.807, 2.05) is 0 Å². The molecule has 0 aromatic carbocycles. The van der Waals surface area contributed by atoms with Gasteiger partial charge in [0.1, 0.15) is 6.26 Å². The number of nitrogens with one attached hydrogen (secondary N) is 1. The smallest absolute Gasteiger partial charge is 0.254 e. The van der Waals surface area contributed by atoms with Gasteiger partial charge in [-0.25, -0.2) is 0 Å². The maximum atomic E-state index is 11.6. The molecule has 1 aromatic heterocycles. The van der Waals surface area contributed by atoms with E-state index in [1.165, 1.54) is 19.1 Å². The van der Waals surface area contributed by atoms with Crippen molar-refractivity contribution < 1.29 is 19.1 Å². The summed E-state index contributed by atoms with van der Waals surface area (Å²) in [6, 6.07) is 1.57. The van der Waals surface area contributed by atoms with E-state index >= 15 is 0 Å². The van der Waals surface area contributed by atoms with E-state index in [9.17, 15) is 9.90 Å². The number of ether oxygens (including phenoxy) is 1. The molecule has 0 aliphatic heterocycles. The molecule has 1 atom stereocenters. The minimum absolute atomic E-state index is 0.173. The van der Waals surface area contributed by atoms with Gasteiger partial charge in [-0.2, -0.15) is 0 Å². The number of aliphatic hydroxyl groups is 1. The quantitative estimate of drug-likeness (QED) is 0.800. The molecular weight excluding hydrogens is 302 g/mol. The first-order chi connectivity index (χ1) is 8.65. The number of amides is 1. The first kappa shape index (κ1) is 13.6. The molecule has 6 heteroatoms. The summed E-state index contributed by atoms with van der Waals surface area (Å²) in [6.45, 7) is 1.14. The molecule has 0 saturated heterocycles. The summed E-state index contributed by atoms with van der Waals surface area (Å²) in [5.41, 5.74) is 0.424. The lowest BCUT2D eigenvalue weighted by Crippen LogP contribution is -2.34. The Morgan fingerprint density at radius 3 is 3.06 bits per heavy atom. The fourth-order valence-corrected chi connectivity index (χ4v) is 1.80. The van der Waals surface area contributed by atoms with Crippen molar-refractivity contribution in [3.63, 3.8) is 0 Å². The van der Waals surface area contributed by atoms with Gasteiger partial charge in [-0.1, -0.05) is 0 Å². The van der Waals surface area contributed by atoms with Crippen molar-refractivity contribution >= 4 is 21.8 Å². The molecule has 1 fully saturated rings. The number of carbonyl (C=O) groups is 1. The average molecular weight is 318 g/mol. The van der Waals surface area contributed by atoms with Crippen LogP contribution in [0.1, 0.15) is 23.2 Å². The summed E-state index contributed by atoms with van der Waals surface area (Å²) in [6.07, 6.45) is 3.13. The predicted octanol–water partition coefficient (Wildman–Crippen LogP) is 1.56. The molecule has 1 amide bonds. The first-order valence-electron chi connectivity index (χ1n) is 5.93. The minimum Gasteiger partial charge on any atom is -0.457 e. The maximum absolute atomic E-state index is 11.6. The largest absolute Gasteiger partial charge is 0.457 e. The second-order valence-corrected chi connectivity index (χ2v) is 5.27. The van der Waals surface area contributed by atoms with E-state index in [-0.39, 0.29) is 19.1 Å². The lowest BCUT2D eigenvalue weighted by molar-refractivity contribution is 0.0320. The Hall–Kier alpha value is -0.850. The van der Waals surface area contributed by atoms with Crippen molar-refractivity contribution in [2.24, 2.45) is 5.92 Å². The Bertz CT molecular complexity index is 403. The summed E-state index contributed by atoms with van der Waals surface area (Å²) >= 11 is 3.12. The molecular formula is C12H16BrNO4. The van der Waals surface area contributed by atoms with Crippen molar-refractivity contribution in [3.05, 3.63) is 22.6 Å². The van der Waals surface area contributed by atoms with Crippen LogP contribution in [0, 0.1) is 5.92 Å². The summed E-state index contributed by atoms with van der Waals surface area (Å²) in [5, 5.41) is 12.2. The molecule has 0 bridgehead atoms. The average Bonchev–Trinajstić information content (AvgIpc) is 3.06. The van der Waals surface area contributed by atoms with E-state index in [0.29, 0.717) is 22.8 Å². The molecule has 1 aliphatic rings. The molecule has 1 saturated carbocycles. The van der Waals surface area contributed by atoms with Crippen LogP contribution in [0.2, 0.25) is 0 Å². The third-order valence-electron chi connectivity index (χ3n) is 2.69. The van der Waals surface area contributed by atoms with Crippen LogP contribution in [0.5, 0.6) is 0 Å². The van der Waals surface area contributed by atoms with Crippen LogP contribution >= 0.6 is 15.9 Å². The molecule has 1 unspecified atom stereocenters. The highest BCUT2D eigenvalue weighted by Crippen LogP contribution is 2.28. The highest BCUT2D eigenvalue weighted by atomic mass is 79.9. The molecule has 5 nitrogen and oxygen atoms in total. The van der Waals surface area contributed by atoms with Crippen LogP contribution < -0.4 is 5.32 Å². The molecule has 1 aromatic rings. The molecule has 2 N–H and O–H groups in total. The first-order valence-corrected chi connectivity index (χ1v) is 6.72. The van der Waals surface area contributed by atoms with Crippen LogP contribution in [-0.2, 0) is 4.74 Å². The van der Waals surface area contributed by atoms with Crippen molar-refractivity contribution in [2.75, 3.05) is 19.8 Å². The fraction of sp³-hybridized carbons (Fsp3) is 0.583. The molecule has 0 radical (unpaired) electrons. The Morgan fingerprint density at radius 1 is 1.67 bits per heavy atom. The number of carbonyl (C=O) groups excluding carboxylic acids is 1. The topological polar surface area (TPSA) is 71.7 Å². The Labute approximate surface area is 114 Å². The molecule has 2 rings (SSSR count). The van der Waals surface area contributed by atoms with E-state index in [0.717, 1.165) is 0 Å². The summed E-state index contributed by atoms with van der Waals surface area (Å²) in [7, 11) is 0. The normalized spacial score (nSPS) is 16.6. The molecule has 100 valence electrons. The number of rotatable bonds is 7. The lowest BCUT2D eigenvalue weighted by atomic mass is 10.3. The zero-order valence-corrected chi connectivity index (χ0v) is 11.5. The van der Waals surface area contributed by atoms with Crippen LogP contribution in [0.4, 0.5) is 0 Å². The fourth-order valence-electron chi connectivity index (χ4n) is 1.46. The van der Waals surface area contributed by atoms with Gasteiger partial charge in [-0.15, -0.1) is 0 Å². The third kappa shape index (κ3) is 4.44. The lowest BCUT2D eigenvalue weighted by Gasteiger charge is -2.11. The second-order valence-electron chi connectivity index (χ2n) is 4.48. The number of aliphatic hydroxyl groups excluding tert-OH is 1. The van der Waals surface area contributed by atoms with Gasteiger partial charge in [0.15, 0.2) is 4.67 Å². The van der Waals surface area contributed by atoms with Crippen LogP contribution in [-0.4, -0.2) is 36.9 Å². The molecule has 1 aliphatic carbocycles. The highest BCUT2D eigenvalue weighted by molar-refractivity contribution is 9.10. The van der Waals surface area contributed by atoms with E-state index in [2.05, 4.69) is 21.2 Å². The van der Waals surface area contributed by atoms with Gasteiger partial charge in [-0.3, -0.25) is 4.79 Å². The summed E-state index contributed by atoms with van der Waals surface area (Å²) in [4.78, 5) is 11.6. The zero-order chi connectivity index (χ0) is 13.0. The molecule has 0 spiro atoms. The van der Waals surface area contributed by atoms with E-state index < -0.39 is 6.10 Å². The Morgan fingerprint density at radius 2 is 2.44 bits per heavy atom. The SMILES string of the molecule is O=C(NCC(O)COCC1CC1)c1coc(Br)c1. The van der Waals surface area contributed by atoms with E-state index in [4.69, 9.17) is 9.15 Å².